The van der Waals surface area contributed by atoms with Crippen LogP contribution in [0.2, 0.25) is 0 Å². The summed E-state index contributed by atoms with van der Waals surface area (Å²) in [5.74, 6) is 0.570. The third kappa shape index (κ3) is 3.97. The molecule has 1 unspecified atom stereocenters. The quantitative estimate of drug-likeness (QED) is 0.645. The summed E-state index contributed by atoms with van der Waals surface area (Å²) in [7, 11) is 0. The van der Waals surface area contributed by atoms with Crippen molar-refractivity contribution >= 4 is 16.7 Å². The van der Waals surface area contributed by atoms with Crippen LogP contribution in [0.1, 0.15) is 57.2 Å². The number of benzene rings is 1. The fourth-order valence-electron chi connectivity index (χ4n) is 3.90. The Bertz CT molecular complexity index is 734. The van der Waals surface area contributed by atoms with Crippen LogP contribution in [0.3, 0.4) is 0 Å². The second-order valence-corrected chi connectivity index (χ2v) is 7.24. The molecular formula is C20H25F2N3. The molecule has 5 heteroatoms. The van der Waals surface area contributed by atoms with Gasteiger partial charge in [-0.1, -0.05) is 26.3 Å². The lowest BCUT2D eigenvalue weighted by molar-refractivity contribution is 0.238. The summed E-state index contributed by atoms with van der Waals surface area (Å²) in [6.45, 7) is 5.78. The predicted molar refractivity (Wildman–Crippen MR) is 97.0 cm³/mol. The van der Waals surface area contributed by atoms with Crippen molar-refractivity contribution in [3.8, 4) is 0 Å². The molecule has 0 radical (unpaired) electrons. The molecule has 1 aliphatic carbocycles. The van der Waals surface area contributed by atoms with Crippen LogP contribution in [0.5, 0.6) is 0 Å². The molecule has 1 saturated carbocycles. The van der Waals surface area contributed by atoms with E-state index >= 15 is 0 Å². The van der Waals surface area contributed by atoms with Crippen LogP contribution in [0, 0.1) is 28.9 Å². The maximum Gasteiger partial charge on any atom is 0.161 e. The Morgan fingerprint density at radius 1 is 1.32 bits per heavy atom. The van der Waals surface area contributed by atoms with Crippen LogP contribution < -0.4 is 0 Å². The van der Waals surface area contributed by atoms with Crippen molar-refractivity contribution in [2.45, 2.75) is 51.4 Å². The van der Waals surface area contributed by atoms with Gasteiger partial charge in [-0.15, -0.1) is 0 Å². The van der Waals surface area contributed by atoms with Crippen LogP contribution in [0.4, 0.5) is 8.78 Å². The molecule has 0 aliphatic heterocycles. The minimum Gasteiger partial charge on any atom is -0.342 e. The van der Waals surface area contributed by atoms with Crippen molar-refractivity contribution in [1.29, 1.82) is 5.41 Å². The number of fused-ring (bicyclic) bond motifs is 1. The van der Waals surface area contributed by atoms with Crippen molar-refractivity contribution in [2.24, 2.45) is 11.8 Å². The zero-order chi connectivity index (χ0) is 18.0. The number of aromatic nitrogens is 2. The van der Waals surface area contributed by atoms with Gasteiger partial charge in [-0.25, -0.2) is 13.8 Å². The lowest BCUT2D eigenvalue weighted by Gasteiger charge is -2.31. The number of H-pyrrole nitrogens is 1. The summed E-state index contributed by atoms with van der Waals surface area (Å²) in [6, 6.07) is 2.34. The van der Waals surface area contributed by atoms with E-state index < -0.39 is 11.6 Å². The average Bonchev–Trinajstić information content (AvgIpc) is 3.02. The van der Waals surface area contributed by atoms with Crippen molar-refractivity contribution in [2.75, 3.05) is 0 Å². The lowest BCUT2D eigenvalue weighted by atomic mass is 9.75. The number of nitrogens with one attached hydrogen (secondary N) is 2. The Morgan fingerprint density at radius 3 is 2.68 bits per heavy atom. The first kappa shape index (κ1) is 17.8. The van der Waals surface area contributed by atoms with E-state index in [1.54, 1.807) is 6.08 Å². The van der Waals surface area contributed by atoms with Gasteiger partial charge in [0.2, 0.25) is 0 Å². The van der Waals surface area contributed by atoms with Gasteiger partial charge in [-0.3, -0.25) is 0 Å². The maximum absolute atomic E-state index is 13.4. The number of hydrogen-bond acceptors (Lipinski definition) is 2. The normalized spacial score (nSPS) is 22.0. The topological polar surface area (TPSA) is 52.5 Å². The van der Waals surface area contributed by atoms with Gasteiger partial charge in [0.05, 0.1) is 11.0 Å². The van der Waals surface area contributed by atoms with Gasteiger partial charge in [-0.05, 0) is 43.6 Å². The van der Waals surface area contributed by atoms with Crippen molar-refractivity contribution in [3.05, 3.63) is 42.2 Å². The van der Waals surface area contributed by atoms with Crippen LogP contribution >= 0.6 is 0 Å². The highest BCUT2D eigenvalue weighted by Crippen LogP contribution is 2.39. The monoisotopic (exact) mass is 345 g/mol. The number of hydrogen-bond donors (Lipinski definition) is 2. The number of nitrogens with zero attached hydrogens (tertiary/aromatic N) is 1. The molecular weight excluding hydrogens is 320 g/mol. The lowest BCUT2D eigenvalue weighted by Crippen LogP contribution is -2.20. The van der Waals surface area contributed by atoms with E-state index in [2.05, 4.69) is 23.5 Å². The summed E-state index contributed by atoms with van der Waals surface area (Å²) in [6.07, 6.45) is 8.11. The first-order valence-electron chi connectivity index (χ1n) is 9.02. The Kier molecular flexibility index (Phi) is 5.30. The Labute approximate surface area is 147 Å². The molecule has 0 saturated heterocycles. The van der Waals surface area contributed by atoms with Gasteiger partial charge in [0.25, 0.3) is 0 Å². The molecule has 0 amide bonds. The van der Waals surface area contributed by atoms with E-state index in [0.29, 0.717) is 28.6 Å². The Balaban J connectivity index is 1.61. The van der Waals surface area contributed by atoms with Crippen LogP contribution in [0.25, 0.3) is 11.0 Å². The first-order chi connectivity index (χ1) is 12.0. The first-order valence-corrected chi connectivity index (χ1v) is 9.02. The van der Waals surface area contributed by atoms with Crippen molar-refractivity contribution in [1.82, 2.24) is 9.97 Å². The summed E-state index contributed by atoms with van der Waals surface area (Å²) in [5, 5.41) is 7.68. The van der Waals surface area contributed by atoms with E-state index in [-0.39, 0.29) is 5.92 Å². The summed E-state index contributed by atoms with van der Waals surface area (Å²) < 4.78 is 26.7. The van der Waals surface area contributed by atoms with E-state index in [0.717, 1.165) is 37.6 Å². The number of imidazole rings is 1. The van der Waals surface area contributed by atoms with E-state index in [4.69, 9.17) is 5.41 Å². The molecule has 1 atom stereocenters. The molecule has 2 N–H and O–H groups in total. The average molecular weight is 345 g/mol. The highest BCUT2D eigenvalue weighted by molar-refractivity contribution is 5.91. The van der Waals surface area contributed by atoms with E-state index in [1.807, 2.05) is 0 Å². The fourth-order valence-corrected chi connectivity index (χ4v) is 3.90. The SMILES string of the molecule is C=CC(=N)CC[C@H]1CC[C@@H](C(C)c2nc3cc(F)c(F)cc3[nH]2)CC1. The van der Waals surface area contributed by atoms with Gasteiger partial charge in [0.1, 0.15) is 5.82 Å². The second kappa shape index (κ2) is 7.46. The molecule has 1 aromatic carbocycles. The van der Waals surface area contributed by atoms with Gasteiger partial charge < -0.3 is 10.4 Å². The summed E-state index contributed by atoms with van der Waals surface area (Å²) in [5.41, 5.74) is 1.66. The molecule has 2 aromatic rings. The third-order valence-electron chi connectivity index (χ3n) is 5.64. The summed E-state index contributed by atoms with van der Waals surface area (Å²) >= 11 is 0. The molecule has 1 aliphatic rings. The Hall–Kier alpha value is -2.04. The summed E-state index contributed by atoms with van der Waals surface area (Å²) in [4.78, 5) is 7.64. The molecule has 1 heterocycles. The van der Waals surface area contributed by atoms with Gasteiger partial charge >= 0.3 is 0 Å². The van der Waals surface area contributed by atoms with Crippen molar-refractivity contribution in [3.63, 3.8) is 0 Å². The van der Waals surface area contributed by atoms with Crippen LogP contribution in [0.15, 0.2) is 24.8 Å². The van der Waals surface area contributed by atoms with Crippen LogP contribution in [-0.4, -0.2) is 15.7 Å². The Morgan fingerprint density at radius 2 is 2.00 bits per heavy atom. The standard InChI is InChI=1S/C20H25F2N3/c1-3-15(23)9-6-13-4-7-14(8-5-13)12(2)20-24-18-10-16(21)17(22)11-19(18)25-20/h3,10-14,23H,1,4-9H2,2H3,(H,24,25)/t12?,13-,14+. The number of halogens is 2. The predicted octanol–water partition coefficient (Wildman–Crippen LogP) is 5.74. The zero-order valence-electron chi connectivity index (χ0n) is 14.6. The molecule has 25 heavy (non-hydrogen) atoms. The molecule has 3 rings (SSSR count). The highest BCUT2D eigenvalue weighted by atomic mass is 19.2. The minimum absolute atomic E-state index is 0.242. The molecule has 0 bridgehead atoms. The zero-order valence-corrected chi connectivity index (χ0v) is 14.6. The van der Waals surface area contributed by atoms with Gasteiger partial charge in [0, 0.05) is 23.8 Å². The second-order valence-electron chi connectivity index (χ2n) is 7.24. The molecule has 3 nitrogen and oxygen atoms in total. The van der Waals surface area contributed by atoms with E-state index in [9.17, 15) is 8.78 Å². The molecule has 1 aromatic heterocycles. The third-order valence-corrected chi connectivity index (χ3v) is 5.64. The highest BCUT2D eigenvalue weighted by Gasteiger charge is 2.27. The number of rotatable bonds is 6. The molecule has 1 fully saturated rings. The van der Waals surface area contributed by atoms with Crippen molar-refractivity contribution < 1.29 is 8.78 Å². The fraction of sp³-hybridized carbons (Fsp3) is 0.500. The number of allylic oxidation sites excluding steroid dienone is 1. The van der Waals surface area contributed by atoms with Gasteiger partial charge in [-0.2, -0.15) is 0 Å². The van der Waals surface area contributed by atoms with Crippen LogP contribution in [-0.2, 0) is 0 Å². The molecule has 0 spiro atoms. The van der Waals surface area contributed by atoms with E-state index in [1.165, 1.54) is 18.9 Å². The molecule has 134 valence electrons. The minimum atomic E-state index is -0.858. The number of aromatic amines is 1. The van der Waals surface area contributed by atoms with Gasteiger partial charge in [0.15, 0.2) is 11.6 Å². The largest absolute Gasteiger partial charge is 0.342 e. The maximum atomic E-state index is 13.4. The smallest absolute Gasteiger partial charge is 0.161 e.